The van der Waals surface area contributed by atoms with Crippen molar-refractivity contribution in [1.29, 1.82) is 0 Å². The molecule has 1 atom stereocenters. The Hall–Kier alpha value is -2.89. The zero-order chi connectivity index (χ0) is 18.2. The highest BCUT2D eigenvalue weighted by atomic mass is 16.2. The molecule has 6 nitrogen and oxygen atoms in total. The lowest BCUT2D eigenvalue weighted by Crippen LogP contribution is -2.37. The van der Waals surface area contributed by atoms with Crippen LogP contribution in [0.3, 0.4) is 0 Å². The van der Waals surface area contributed by atoms with Crippen molar-refractivity contribution in [2.24, 2.45) is 0 Å². The van der Waals surface area contributed by atoms with Gasteiger partial charge in [0.2, 0.25) is 0 Å². The quantitative estimate of drug-likeness (QED) is 0.849. The van der Waals surface area contributed by atoms with Gasteiger partial charge < -0.3 is 15.5 Å². The first-order valence-electron chi connectivity index (χ1n) is 8.26. The molecule has 2 rings (SSSR count). The molecular formula is C19H24N4O2. The zero-order valence-corrected chi connectivity index (χ0v) is 14.8. The van der Waals surface area contributed by atoms with Crippen LogP contribution in [0, 0.1) is 0 Å². The smallest absolute Gasteiger partial charge is 0.315 e. The van der Waals surface area contributed by atoms with Gasteiger partial charge in [0.25, 0.3) is 5.91 Å². The van der Waals surface area contributed by atoms with Gasteiger partial charge in [-0.15, -0.1) is 0 Å². The number of hydrogen-bond donors (Lipinski definition) is 2. The molecule has 0 aliphatic carbocycles. The Labute approximate surface area is 148 Å². The Morgan fingerprint density at radius 3 is 2.28 bits per heavy atom. The van der Waals surface area contributed by atoms with Crippen LogP contribution in [0.4, 0.5) is 4.79 Å². The van der Waals surface area contributed by atoms with Crippen molar-refractivity contribution >= 4 is 11.9 Å². The van der Waals surface area contributed by atoms with Crippen LogP contribution in [0.5, 0.6) is 0 Å². The molecule has 132 valence electrons. The van der Waals surface area contributed by atoms with Gasteiger partial charge in [0, 0.05) is 38.6 Å². The number of nitrogens with zero attached hydrogens (tertiary/aromatic N) is 2. The summed E-state index contributed by atoms with van der Waals surface area (Å²) in [6, 6.07) is 10.7. The van der Waals surface area contributed by atoms with Crippen LogP contribution < -0.4 is 10.6 Å². The fourth-order valence-corrected chi connectivity index (χ4v) is 2.43. The van der Waals surface area contributed by atoms with Crippen LogP contribution in [0.1, 0.15) is 40.9 Å². The average molecular weight is 340 g/mol. The molecule has 1 aromatic heterocycles. The number of carbonyl (C=O) groups excluding carboxylic acids is 2. The van der Waals surface area contributed by atoms with Crippen molar-refractivity contribution in [3.05, 3.63) is 65.5 Å². The SMILES string of the molecule is CCC(NC(=O)NCc1ccc(C(=O)N(C)C)cc1)c1ccncc1. The lowest BCUT2D eigenvalue weighted by molar-refractivity contribution is 0.0827. The maximum absolute atomic E-state index is 12.1. The second kappa shape index (κ2) is 8.82. The first-order chi connectivity index (χ1) is 12.0. The fraction of sp³-hybridized carbons (Fsp3) is 0.316. The lowest BCUT2D eigenvalue weighted by Gasteiger charge is -2.18. The van der Waals surface area contributed by atoms with Gasteiger partial charge in [0.15, 0.2) is 0 Å². The second-order valence-electron chi connectivity index (χ2n) is 5.96. The Kier molecular flexibility index (Phi) is 6.51. The van der Waals surface area contributed by atoms with Crippen LogP contribution in [-0.2, 0) is 6.54 Å². The Bertz CT molecular complexity index is 699. The minimum atomic E-state index is -0.225. The number of pyridine rings is 1. The largest absolute Gasteiger partial charge is 0.345 e. The average Bonchev–Trinajstić information content (AvgIpc) is 2.65. The number of benzene rings is 1. The van der Waals surface area contributed by atoms with Gasteiger partial charge in [-0.25, -0.2) is 4.79 Å². The summed E-state index contributed by atoms with van der Waals surface area (Å²) in [4.78, 5) is 29.5. The lowest BCUT2D eigenvalue weighted by atomic mass is 10.1. The van der Waals surface area contributed by atoms with E-state index >= 15 is 0 Å². The van der Waals surface area contributed by atoms with Crippen LogP contribution in [0.2, 0.25) is 0 Å². The number of hydrogen-bond acceptors (Lipinski definition) is 3. The summed E-state index contributed by atoms with van der Waals surface area (Å²) in [6.45, 7) is 2.42. The summed E-state index contributed by atoms with van der Waals surface area (Å²) in [5, 5.41) is 5.80. The molecule has 0 aliphatic heterocycles. The predicted octanol–water partition coefficient (Wildman–Crippen LogP) is 2.73. The van der Waals surface area contributed by atoms with Crippen LogP contribution in [0.15, 0.2) is 48.8 Å². The molecular weight excluding hydrogens is 316 g/mol. The summed E-state index contributed by atoms with van der Waals surface area (Å²) in [6.07, 6.45) is 4.22. The molecule has 0 spiro atoms. The van der Waals surface area contributed by atoms with E-state index in [1.807, 2.05) is 31.2 Å². The number of nitrogens with one attached hydrogen (secondary N) is 2. The van der Waals surface area contributed by atoms with Crippen molar-refractivity contribution in [2.45, 2.75) is 25.9 Å². The molecule has 3 amide bonds. The second-order valence-corrected chi connectivity index (χ2v) is 5.96. The molecule has 0 radical (unpaired) electrons. The Morgan fingerprint density at radius 1 is 1.08 bits per heavy atom. The normalized spacial score (nSPS) is 11.5. The van der Waals surface area contributed by atoms with E-state index in [0.29, 0.717) is 12.1 Å². The van der Waals surface area contributed by atoms with Crippen molar-refractivity contribution in [3.63, 3.8) is 0 Å². The van der Waals surface area contributed by atoms with E-state index in [2.05, 4.69) is 15.6 Å². The zero-order valence-electron chi connectivity index (χ0n) is 14.8. The third-order valence-electron chi connectivity index (χ3n) is 3.88. The van der Waals surface area contributed by atoms with Gasteiger partial charge in [-0.2, -0.15) is 0 Å². The molecule has 0 aliphatic rings. The minimum absolute atomic E-state index is 0.0413. The molecule has 0 fully saturated rings. The third-order valence-corrected chi connectivity index (χ3v) is 3.88. The van der Waals surface area contributed by atoms with Crippen LogP contribution in [0.25, 0.3) is 0 Å². The van der Waals surface area contributed by atoms with Crippen LogP contribution in [-0.4, -0.2) is 35.9 Å². The molecule has 0 saturated heterocycles. The number of aromatic nitrogens is 1. The molecule has 1 aromatic carbocycles. The topological polar surface area (TPSA) is 74.3 Å². The van der Waals surface area contributed by atoms with Gasteiger partial charge in [-0.3, -0.25) is 9.78 Å². The standard InChI is InChI=1S/C19H24N4O2/c1-4-17(15-9-11-20-12-10-15)22-19(25)21-13-14-5-7-16(8-6-14)18(24)23(2)3/h5-12,17H,4,13H2,1-3H3,(H2,21,22,25). The highest BCUT2D eigenvalue weighted by Gasteiger charge is 2.12. The van der Waals surface area contributed by atoms with Gasteiger partial charge in [-0.1, -0.05) is 19.1 Å². The highest BCUT2D eigenvalue weighted by Crippen LogP contribution is 2.15. The van der Waals surface area contributed by atoms with Crippen molar-refractivity contribution in [1.82, 2.24) is 20.5 Å². The number of amides is 3. The Morgan fingerprint density at radius 2 is 1.72 bits per heavy atom. The number of urea groups is 1. The third kappa shape index (κ3) is 5.31. The van der Waals surface area contributed by atoms with Gasteiger partial charge in [-0.05, 0) is 41.8 Å². The van der Waals surface area contributed by atoms with E-state index in [-0.39, 0.29) is 18.0 Å². The number of carbonyl (C=O) groups is 2. The molecule has 2 N–H and O–H groups in total. The molecule has 2 aromatic rings. The van der Waals surface area contributed by atoms with E-state index in [9.17, 15) is 9.59 Å². The maximum atomic E-state index is 12.1. The minimum Gasteiger partial charge on any atom is -0.345 e. The molecule has 0 saturated carbocycles. The highest BCUT2D eigenvalue weighted by molar-refractivity contribution is 5.93. The van der Waals surface area contributed by atoms with E-state index in [1.54, 1.807) is 38.6 Å². The summed E-state index contributed by atoms with van der Waals surface area (Å²) >= 11 is 0. The molecule has 1 heterocycles. The summed E-state index contributed by atoms with van der Waals surface area (Å²) in [7, 11) is 3.43. The first-order valence-corrected chi connectivity index (χ1v) is 8.26. The maximum Gasteiger partial charge on any atom is 0.315 e. The van der Waals surface area contributed by atoms with E-state index in [1.165, 1.54) is 4.90 Å². The van der Waals surface area contributed by atoms with Gasteiger partial charge in [0.1, 0.15) is 0 Å². The monoisotopic (exact) mass is 340 g/mol. The van der Waals surface area contributed by atoms with Gasteiger partial charge in [0.05, 0.1) is 6.04 Å². The number of rotatable bonds is 6. The Balaban J connectivity index is 1.88. The first kappa shape index (κ1) is 18.4. The van der Waals surface area contributed by atoms with E-state index in [0.717, 1.165) is 17.5 Å². The van der Waals surface area contributed by atoms with Crippen molar-refractivity contribution in [3.8, 4) is 0 Å². The van der Waals surface area contributed by atoms with Gasteiger partial charge >= 0.3 is 6.03 Å². The summed E-state index contributed by atoms with van der Waals surface area (Å²) in [5.41, 5.74) is 2.59. The van der Waals surface area contributed by atoms with E-state index < -0.39 is 0 Å². The molecule has 6 heteroatoms. The van der Waals surface area contributed by atoms with Crippen molar-refractivity contribution < 1.29 is 9.59 Å². The summed E-state index contributed by atoms with van der Waals surface area (Å²) < 4.78 is 0. The van der Waals surface area contributed by atoms with Crippen molar-refractivity contribution in [2.75, 3.05) is 14.1 Å². The van der Waals surface area contributed by atoms with Crippen LogP contribution >= 0.6 is 0 Å². The fourth-order valence-electron chi connectivity index (χ4n) is 2.43. The molecule has 25 heavy (non-hydrogen) atoms. The predicted molar refractivity (Wildman–Crippen MR) is 97.1 cm³/mol. The molecule has 0 bridgehead atoms. The molecule has 1 unspecified atom stereocenters. The van der Waals surface area contributed by atoms with E-state index in [4.69, 9.17) is 0 Å². The summed E-state index contributed by atoms with van der Waals surface area (Å²) in [5.74, 6) is -0.0413.